The molecule has 0 aliphatic carbocycles. The Bertz CT molecular complexity index is 417. The molecular weight excluding hydrogens is 229 g/mol. The molecule has 100 valence electrons. The summed E-state index contributed by atoms with van der Waals surface area (Å²) in [5.41, 5.74) is 2.06. The maximum Gasteiger partial charge on any atom is 0.123 e. The zero-order valence-corrected chi connectivity index (χ0v) is 11.2. The molecule has 1 fully saturated rings. The molecule has 2 rings (SSSR count). The first-order valence-corrected chi connectivity index (χ1v) is 6.66. The van der Waals surface area contributed by atoms with Crippen molar-refractivity contribution in [3.05, 3.63) is 29.6 Å². The Balaban J connectivity index is 2.21. The van der Waals surface area contributed by atoms with Gasteiger partial charge in [0.05, 0.1) is 6.61 Å². The van der Waals surface area contributed by atoms with Crippen molar-refractivity contribution in [3.63, 3.8) is 0 Å². The molecule has 1 aromatic rings. The Morgan fingerprint density at radius 1 is 1.28 bits per heavy atom. The maximum atomic E-state index is 13.2. The number of aliphatic hydroxyl groups is 1. The van der Waals surface area contributed by atoms with Crippen LogP contribution < -0.4 is 4.90 Å². The third-order valence-electron chi connectivity index (χ3n) is 3.89. The summed E-state index contributed by atoms with van der Waals surface area (Å²) >= 11 is 0. The molecule has 1 aromatic carbocycles. The molecular formula is C15H22FNO. The molecule has 0 amide bonds. The summed E-state index contributed by atoms with van der Waals surface area (Å²) in [6.07, 6.45) is 3.50. The minimum atomic E-state index is -0.280. The lowest BCUT2D eigenvalue weighted by Crippen LogP contribution is -2.26. The standard InChI is InChI=1S/C15H22FNO/c1-15(2)6-3-8-17(9-7-15)14-5-4-13(16)10-12(14)11-18/h4-5,10,18H,3,6-9,11H2,1-2H3. The minimum absolute atomic E-state index is 0.104. The van der Waals surface area contributed by atoms with Crippen molar-refractivity contribution >= 4 is 5.69 Å². The summed E-state index contributed by atoms with van der Waals surface area (Å²) in [6, 6.07) is 4.70. The summed E-state index contributed by atoms with van der Waals surface area (Å²) in [4.78, 5) is 2.28. The van der Waals surface area contributed by atoms with Crippen molar-refractivity contribution in [1.82, 2.24) is 0 Å². The highest BCUT2D eigenvalue weighted by atomic mass is 19.1. The van der Waals surface area contributed by atoms with Crippen LogP contribution in [0.3, 0.4) is 0 Å². The summed E-state index contributed by atoms with van der Waals surface area (Å²) in [5.74, 6) is -0.280. The number of hydrogen-bond acceptors (Lipinski definition) is 2. The van der Waals surface area contributed by atoms with Gasteiger partial charge in [0.1, 0.15) is 5.82 Å². The third kappa shape index (κ3) is 3.02. The molecule has 0 radical (unpaired) electrons. The average Bonchev–Trinajstić information content (AvgIpc) is 2.50. The molecule has 0 spiro atoms. The van der Waals surface area contributed by atoms with E-state index in [9.17, 15) is 9.50 Å². The predicted octanol–water partition coefficient (Wildman–Crippen LogP) is 3.33. The predicted molar refractivity (Wildman–Crippen MR) is 72.2 cm³/mol. The van der Waals surface area contributed by atoms with Crippen LogP contribution in [0.15, 0.2) is 18.2 Å². The lowest BCUT2D eigenvalue weighted by molar-refractivity contribution is 0.281. The highest BCUT2D eigenvalue weighted by Gasteiger charge is 2.24. The van der Waals surface area contributed by atoms with E-state index in [0.717, 1.165) is 31.6 Å². The number of halogens is 1. The van der Waals surface area contributed by atoms with E-state index < -0.39 is 0 Å². The summed E-state index contributed by atoms with van der Waals surface area (Å²) < 4.78 is 13.2. The number of nitrogens with zero attached hydrogens (tertiary/aromatic N) is 1. The van der Waals surface area contributed by atoms with Gasteiger partial charge in [-0.05, 0) is 42.9 Å². The molecule has 1 saturated heterocycles. The van der Waals surface area contributed by atoms with Gasteiger partial charge in [-0.1, -0.05) is 13.8 Å². The smallest absolute Gasteiger partial charge is 0.123 e. The van der Waals surface area contributed by atoms with Crippen LogP contribution >= 0.6 is 0 Å². The number of aliphatic hydroxyl groups excluding tert-OH is 1. The summed E-state index contributed by atoms with van der Waals surface area (Å²) in [6.45, 7) is 6.46. The molecule has 3 heteroatoms. The van der Waals surface area contributed by atoms with E-state index in [1.165, 1.54) is 18.6 Å². The van der Waals surface area contributed by atoms with Gasteiger partial charge < -0.3 is 10.0 Å². The van der Waals surface area contributed by atoms with Crippen LogP contribution in [0.25, 0.3) is 0 Å². The van der Waals surface area contributed by atoms with Crippen molar-refractivity contribution in [2.45, 2.75) is 39.7 Å². The Labute approximate surface area is 108 Å². The van der Waals surface area contributed by atoms with Gasteiger partial charge in [-0.15, -0.1) is 0 Å². The SMILES string of the molecule is CC1(C)CCCN(c2ccc(F)cc2CO)CC1. The molecule has 1 aliphatic rings. The van der Waals surface area contributed by atoms with E-state index in [-0.39, 0.29) is 12.4 Å². The van der Waals surface area contributed by atoms with E-state index in [4.69, 9.17) is 0 Å². The van der Waals surface area contributed by atoms with Gasteiger partial charge in [0.15, 0.2) is 0 Å². The largest absolute Gasteiger partial charge is 0.392 e. The second-order valence-corrected chi connectivity index (χ2v) is 5.94. The Morgan fingerprint density at radius 3 is 2.78 bits per heavy atom. The molecule has 0 saturated carbocycles. The van der Waals surface area contributed by atoms with Crippen molar-refractivity contribution in [1.29, 1.82) is 0 Å². The molecule has 0 unspecified atom stereocenters. The number of hydrogen-bond donors (Lipinski definition) is 1. The highest BCUT2D eigenvalue weighted by molar-refractivity contribution is 5.53. The fourth-order valence-corrected chi connectivity index (χ4v) is 2.65. The fourth-order valence-electron chi connectivity index (χ4n) is 2.65. The first kappa shape index (κ1) is 13.3. The molecule has 1 N–H and O–H groups in total. The Morgan fingerprint density at radius 2 is 2.06 bits per heavy atom. The van der Waals surface area contributed by atoms with Crippen LogP contribution in [0.4, 0.5) is 10.1 Å². The van der Waals surface area contributed by atoms with Crippen LogP contribution in [0, 0.1) is 11.2 Å². The van der Waals surface area contributed by atoms with Gasteiger partial charge >= 0.3 is 0 Å². The van der Waals surface area contributed by atoms with Crippen molar-refractivity contribution in [2.24, 2.45) is 5.41 Å². The zero-order chi connectivity index (χ0) is 13.2. The Kier molecular flexibility index (Phi) is 3.91. The van der Waals surface area contributed by atoms with E-state index in [2.05, 4.69) is 18.7 Å². The zero-order valence-electron chi connectivity index (χ0n) is 11.2. The number of anilines is 1. The Hall–Kier alpha value is -1.09. The van der Waals surface area contributed by atoms with E-state index >= 15 is 0 Å². The van der Waals surface area contributed by atoms with Crippen molar-refractivity contribution in [2.75, 3.05) is 18.0 Å². The van der Waals surface area contributed by atoms with Gasteiger partial charge in [0, 0.05) is 24.3 Å². The van der Waals surface area contributed by atoms with Crippen molar-refractivity contribution in [3.8, 4) is 0 Å². The maximum absolute atomic E-state index is 13.2. The molecule has 0 atom stereocenters. The van der Waals surface area contributed by atoms with Crippen LogP contribution in [-0.2, 0) is 6.61 Å². The molecule has 0 aromatic heterocycles. The van der Waals surface area contributed by atoms with Crippen LogP contribution in [0.5, 0.6) is 0 Å². The minimum Gasteiger partial charge on any atom is -0.392 e. The van der Waals surface area contributed by atoms with Crippen LogP contribution in [0.2, 0.25) is 0 Å². The fraction of sp³-hybridized carbons (Fsp3) is 0.600. The number of benzene rings is 1. The quantitative estimate of drug-likeness (QED) is 0.871. The van der Waals surface area contributed by atoms with Gasteiger partial charge in [-0.3, -0.25) is 0 Å². The van der Waals surface area contributed by atoms with E-state index in [1.54, 1.807) is 6.07 Å². The average molecular weight is 251 g/mol. The molecule has 2 nitrogen and oxygen atoms in total. The first-order valence-electron chi connectivity index (χ1n) is 6.66. The summed E-state index contributed by atoms with van der Waals surface area (Å²) in [7, 11) is 0. The summed E-state index contributed by atoms with van der Waals surface area (Å²) in [5, 5.41) is 9.35. The van der Waals surface area contributed by atoms with Gasteiger partial charge in [0.2, 0.25) is 0 Å². The van der Waals surface area contributed by atoms with Gasteiger partial charge in [-0.2, -0.15) is 0 Å². The lowest BCUT2D eigenvalue weighted by Gasteiger charge is -2.26. The number of rotatable bonds is 2. The van der Waals surface area contributed by atoms with E-state index in [1.807, 2.05) is 0 Å². The second kappa shape index (κ2) is 5.27. The first-order chi connectivity index (χ1) is 8.52. The molecule has 18 heavy (non-hydrogen) atoms. The topological polar surface area (TPSA) is 23.5 Å². The van der Waals surface area contributed by atoms with Crippen molar-refractivity contribution < 1.29 is 9.50 Å². The molecule has 1 heterocycles. The third-order valence-corrected chi connectivity index (χ3v) is 3.89. The monoisotopic (exact) mass is 251 g/mol. The normalized spacial score (nSPS) is 19.7. The second-order valence-electron chi connectivity index (χ2n) is 5.94. The van der Waals surface area contributed by atoms with Crippen LogP contribution in [-0.4, -0.2) is 18.2 Å². The van der Waals surface area contributed by atoms with E-state index in [0.29, 0.717) is 11.0 Å². The van der Waals surface area contributed by atoms with Gasteiger partial charge in [0.25, 0.3) is 0 Å². The molecule has 1 aliphatic heterocycles. The van der Waals surface area contributed by atoms with Crippen LogP contribution in [0.1, 0.15) is 38.7 Å². The highest BCUT2D eigenvalue weighted by Crippen LogP contribution is 2.32. The molecule has 0 bridgehead atoms. The lowest BCUT2D eigenvalue weighted by atomic mass is 9.85. The van der Waals surface area contributed by atoms with Gasteiger partial charge in [-0.25, -0.2) is 4.39 Å².